The first-order valence-electron chi connectivity index (χ1n) is 13.5. The maximum atomic E-state index is 15.8. The molecule has 2 heterocycles. The van der Waals surface area contributed by atoms with E-state index in [1.165, 1.54) is 24.0 Å². The third-order valence-electron chi connectivity index (χ3n) is 7.16. The van der Waals surface area contributed by atoms with Crippen molar-refractivity contribution in [1.29, 1.82) is 0 Å². The van der Waals surface area contributed by atoms with Crippen LogP contribution in [0.15, 0.2) is 58.5 Å². The van der Waals surface area contributed by atoms with Crippen molar-refractivity contribution in [3.05, 3.63) is 75.9 Å². The van der Waals surface area contributed by atoms with Gasteiger partial charge in [0.15, 0.2) is 0 Å². The summed E-state index contributed by atoms with van der Waals surface area (Å²) in [5.74, 6) is 7.35. The lowest BCUT2D eigenvalue weighted by atomic mass is 9.88. The highest BCUT2D eigenvalue weighted by Crippen LogP contribution is 2.42. The van der Waals surface area contributed by atoms with Gasteiger partial charge < -0.3 is 5.32 Å². The van der Waals surface area contributed by atoms with Crippen molar-refractivity contribution >= 4 is 11.8 Å². The van der Waals surface area contributed by atoms with Gasteiger partial charge in [0, 0.05) is 30.2 Å². The Labute approximate surface area is 216 Å². The maximum Gasteiger partial charge on any atom is 0.131 e. The lowest BCUT2D eigenvalue weighted by molar-refractivity contribution is 0.421. The summed E-state index contributed by atoms with van der Waals surface area (Å²) in [4.78, 5) is 0. The molecule has 0 radical (unpaired) electrons. The van der Waals surface area contributed by atoms with Crippen molar-refractivity contribution in [3.63, 3.8) is 0 Å². The molecule has 0 spiro atoms. The van der Waals surface area contributed by atoms with Gasteiger partial charge in [-0.3, -0.25) is 0 Å². The van der Waals surface area contributed by atoms with Crippen molar-refractivity contribution in [2.45, 2.75) is 72.6 Å². The number of hydrogen-bond acceptors (Lipinski definition) is 3. The number of benzene rings is 1. The predicted octanol–water partition coefficient (Wildman–Crippen LogP) is 7.37. The SMILES string of the molecule is C=C1C(C2CC2)=CC(c2cc(F)c(/C=C(\C)C3CCNCC3)c(CC#CCCC)c2)=NN1C=C(C)C. The smallest absolute Gasteiger partial charge is 0.131 e. The molecule has 36 heavy (non-hydrogen) atoms. The fourth-order valence-corrected chi connectivity index (χ4v) is 4.93. The zero-order valence-electron chi connectivity index (χ0n) is 22.4. The molecule has 190 valence electrons. The van der Waals surface area contributed by atoms with Gasteiger partial charge in [-0.1, -0.05) is 36.6 Å². The van der Waals surface area contributed by atoms with Crippen molar-refractivity contribution < 1.29 is 4.39 Å². The number of halogens is 1. The van der Waals surface area contributed by atoms with Crippen LogP contribution in [-0.4, -0.2) is 23.8 Å². The topological polar surface area (TPSA) is 27.6 Å². The molecular weight excluding hydrogens is 445 g/mol. The number of nitrogens with one attached hydrogen (secondary N) is 1. The minimum absolute atomic E-state index is 0.199. The molecule has 0 unspecified atom stereocenters. The molecule has 3 aliphatic rings. The van der Waals surface area contributed by atoms with Crippen LogP contribution in [0.25, 0.3) is 6.08 Å². The molecule has 2 fully saturated rings. The number of allylic oxidation sites excluding steroid dienone is 4. The summed E-state index contributed by atoms with van der Waals surface area (Å²) in [6.45, 7) is 14.7. The monoisotopic (exact) mass is 485 g/mol. The van der Waals surface area contributed by atoms with E-state index in [-0.39, 0.29) is 5.82 Å². The molecule has 4 rings (SSSR count). The number of nitrogens with zero attached hydrogens (tertiary/aromatic N) is 2. The van der Waals surface area contributed by atoms with Crippen LogP contribution in [-0.2, 0) is 6.42 Å². The molecule has 2 aliphatic heterocycles. The summed E-state index contributed by atoms with van der Waals surface area (Å²) < 4.78 is 15.8. The third kappa shape index (κ3) is 6.45. The normalized spacial score (nSPS) is 18.9. The van der Waals surface area contributed by atoms with Gasteiger partial charge in [0.1, 0.15) is 5.82 Å². The van der Waals surface area contributed by atoms with Gasteiger partial charge in [0.05, 0.1) is 11.4 Å². The third-order valence-corrected chi connectivity index (χ3v) is 7.16. The highest BCUT2D eigenvalue weighted by molar-refractivity contribution is 6.10. The Balaban J connectivity index is 1.75. The summed E-state index contributed by atoms with van der Waals surface area (Å²) in [5, 5.41) is 10.2. The molecule has 0 atom stereocenters. The zero-order valence-corrected chi connectivity index (χ0v) is 22.4. The summed E-state index contributed by atoms with van der Waals surface area (Å²) >= 11 is 0. The van der Waals surface area contributed by atoms with E-state index < -0.39 is 0 Å². The number of unbranched alkanes of at least 4 members (excludes halogenated alkanes) is 1. The molecule has 3 nitrogen and oxygen atoms in total. The van der Waals surface area contributed by atoms with E-state index in [0.717, 1.165) is 66.9 Å². The van der Waals surface area contributed by atoms with Crippen molar-refractivity contribution in [2.75, 3.05) is 13.1 Å². The van der Waals surface area contributed by atoms with Crippen LogP contribution in [0.3, 0.4) is 0 Å². The molecule has 1 saturated carbocycles. The molecule has 1 aromatic carbocycles. The Kier molecular flexibility index (Phi) is 8.64. The first kappa shape index (κ1) is 26.2. The maximum absolute atomic E-state index is 15.8. The lowest BCUT2D eigenvalue weighted by Gasteiger charge is -2.26. The quantitative estimate of drug-likeness (QED) is 0.408. The van der Waals surface area contributed by atoms with Crippen LogP contribution >= 0.6 is 0 Å². The Morgan fingerprint density at radius 3 is 2.58 bits per heavy atom. The predicted molar refractivity (Wildman–Crippen MR) is 150 cm³/mol. The van der Waals surface area contributed by atoms with Crippen LogP contribution in [0.4, 0.5) is 4.39 Å². The average Bonchev–Trinajstić information content (AvgIpc) is 3.70. The second-order valence-electron chi connectivity index (χ2n) is 10.6. The van der Waals surface area contributed by atoms with E-state index in [0.29, 0.717) is 23.8 Å². The van der Waals surface area contributed by atoms with Crippen molar-refractivity contribution in [1.82, 2.24) is 10.3 Å². The Bertz CT molecular complexity index is 1170. The van der Waals surface area contributed by atoms with Gasteiger partial charge in [-0.05, 0) is 107 Å². The number of rotatable bonds is 7. The van der Waals surface area contributed by atoms with Gasteiger partial charge in [-0.25, -0.2) is 9.40 Å². The van der Waals surface area contributed by atoms with E-state index in [4.69, 9.17) is 5.10 Å². The second-order valence-corrected chi connectivity index (χ2v) is 10.6. The van der Waals surface area contributed by atoms with Crippen LogP contribution in [0.5, 0.6) is 0 Å². The molecule has 1 aromatic rings. The summed E-state index contributed by atoms with van der Waals surface area (Å²) in [5.41, 5.74) is 7.73. The minimum Gasteiger partial charge on any atom is -0.317 e. The fourth-order valence-electron chi connectivity index (χ4n) is 4.93. The molecule has 1 N–H and O–H groups in total. The number of hydrazone groups is 1. The molecular formula is C32H40FN3. The molecule has 0 amide bonds. The fraction of sp³-hybridized carbons (Fsp3) is 0.469. The first-order valence-corrected chi connectivity index (χ1v) is 13.5. The van der Waals surface area contributed by atoms with E-state index in [2.05, 4.69) is 69.6 Å². The van der Waals surface area contributed by atoms with Crippen LogP contribution < -0.4 is 5.32 Å². The van der Waals surface area contributed by atoms with E-state index in [9.17, 15) is 0 Å². The lowest BCUT2D eigenvalue weighted by Crippen LogP contribution is -2.28. The van der Waals surface area contributed by atoms with Crippen LogP contribution in [0.1, 0.15) is 82.9 Å². The van der Waals surface area contributed by atoms with E-state index in [1.807, 2.05) is 11.2 Å². The number of piperidine rings is 1. The molecule has 1 saturated heterocycles. The van der Waals surface area contributed by atoms with E-state index in [1.54, 1.807) is 6.07 Å². The summed E-state index contributed by atoms with van der Waals surface area (Å²) in [7, 11) is 0. The second kappa shape index (κ2) is 11.9. The van der Waals surface area contributed by atoms with Gasteiger partial charge >= 0.3 is 0 Å². The molecule has 1 aliphatic carbocycles. The summed E-state index contributed by atoms with van der Waals surface area (Å²) in [6, 6.07) is 3.75. The Morgan fingerprint density at radius 1 is 1.17 bits per heavy atom. The average molecular weight is 486 g/mol. The van der Waals surface area contributed by atoms with Crippen LogP contribution in [0, 0.1) is 29.5 Å². The molecule has 0 aromatic heterocycles. The van der Waals surface area contributed by atoms with Gasteiger partial charge in [0.2, 0.25) is 0 Å². The molecule has 0 bridgehead atoms. The van der Waals surface area contributed by atoms with Gasteiger partial charge in [0.25, 0.3) is 0 Å². The largest absolute Gasteiger partial charge is 0.317 e. The van der Waals surface area contributed by atoms with Crippen LogP contribution in [0.2, 0.25) is 0 Å². The highest BCUT2D eigenvalue weighted by atomic mass is 19.1. The highest BCUT2D eigenvalue weighted by Gasteiger charge is 2.32. The zero-order chi connectivity index (χ0) is 25.7. The van der Waals surface area contributed by atoms with Gasteiger partial charge in [-0.2, -0.15) is 5.10 Å². The Morgan fingerprint density at radius 2 is 1.92 bits per heavy atom. The van der Waals surface area contributed by atoms with Crippen molar-refractivity contribution in [2.24, 2.45) is 16.9 Å². The Hall–Kier alpha value is -2.90. The minimum atomic E-state index is -0.199. The first-order chi connectivity index (χ1) is 17.4. The summed E-state index contributed by atoms with van der Waals surface area (Å²) in [6.07, 6.45) is 13.2. The molecule has 4 heteroatoms. The standard InChI is InChI=1S/C32H40FN3/c1-6-7-8-9-10-27-18-28(19-31(33)30(27)17-23(4)25-13-15-34-16-14-25)32-20-29(26-11-12-26)24(5)36(35-32)21-22(2)3/h17-21,25-26,34H,5-7,10-16H2,1-4H3/b23-17+. The van der Waals surface area contributed by atoms with E-state index >= 15 is 4.39 Å². The van der Waals surface area contributed by atoms with Crippen molar-refractivity contribution in [3.8, 4) is 11.8 Å². The van der Waals surface area contributed by atoms with Gasteiger partial charge in [-0.15, -0.1) is 5.92 Å². The number of hydrogen-bond donors (Lipinski definition) is 1.